The zero-order chi connectivity index (χ0) is 17.2. The maximum absolute atomic E-state index is 12.1. The summed E-state index contributed by atoms with van der Waals surface area (Å²) in [6.07, 6.45) is 0.950. The maximum Gasteiger partial charge on any atom is 0.289 e. The van der Waals surface area contributed by atoms with Gasteiger partial charge in [0.1, 0.15) is 6.61 Å². The van der Waals surface area contributed by atoms with Crippen LogP contribution in [0.1, 0.15) is 47.5 Å². The van der Waals surface area contributed by atoms with E-state index >= 15 is 0 Å². The monoisotopic (exact) mass is 311 g/mol. The zero-order valence-corrected chi connectivity index (χ0v) is 14.5. The second-order valence-electron chi connectivity index (χ2n) is 6.23. The molecule has 0 N–H and O–H groups in total. The molecule has 0 bridgehead atoms. The first-order valence-electron chi connectivity index (χ1n) is 7.85. The van der Waals surface area contributed by atoms with Crippen LogP contribution in [0.2, 0.25) is 0 Å². The van der Waals surface area contributed by atoms with Crippen LogP contribution in [0.25, 0.3) is 4.85 Å². The minimum absolute atomic E-state index is 0.00492. The van der Waals surface area contributed by atoms with E-state index in [1.54, 1.807) is 6.92 Å². The third-order valence-corrected chi connectivity index (χ3v) is 3.87. The summed E-state index contributed by atoms with van der Waals surface area (Å²) in [6, 6.07) is 0. The molecular formula is C17H29NO4. The van der Waals surface area contributed by atoms with Gasteiger partial charge in [-0.2, -0.15) is 0 Å². The van der Waals surface area contributed by atoms with Crippen molar-refractivity contribution in [3.05, 3.63) is 11.4 Å². The quantitative estimate of drug-likeness (QED) is 0.411. The van der Waals surface area contributed by atoms with Crippen molar-refractivity contribution >= 4 is 11.6 Å². The standard InChI is InChI=1S/C17H29NO4/c1-13(2)15(19)12-22-11-10-21-9-7-8-16(20)17(5,18-6)14(3)4/h13-14H,7-12H2,1-5H3. The van der Waals surface area contributed by atoms with E-state index < -0.39 is 5.54 Å². The van der Waals surface area contributed by atoms with Crippen molar-refractivity contribution in [2.45, 2.75) is 53.0 Å². The van der Waals surface area contributed by atoms with E-state index in [9.17, 15) is 9.59 Å². The normalized spacial score (nSPS) is 13.9. The fourth-order valence-electron chi connectivity index (χ4n) is 1.66. The molecule has 0 aliphatic rings. The first kappa shape index (κ1) is 20.8. The molecule has 5 heteroatoms. The van der Waals surface area contributed by atoms with Crippen LogP contribution in [0.4, 0.5) is 0 Å². The molecule has 1 atom stereocenters. The molecule has 0 aliphatic carbocycles. The molecular weight excluding hydrogens is 282 g/mol. The third-order valence-electron chi connectivity index (χ3n) is 3.87. The van der Waals surface area contributed by atoms with Gasteiger partial charge in [0.25, 0.3) is 5.54 Å². The highest BCUT2D eigenvalue weighted by molar-refractivity contribution is 5.90. The Balaban J connectivity index is 3.72. The van der Waals surface area contributed by atoms with Crippen molar-refractivity contribution in [2.24, 2.45) is 11.8 Å². The van der Waals surface area contributed by atoms with E-state index in [1.165, 1.54) is 0 Å². The number of ketones is 2. The summed E-state index contributed by atoms with van der Waals surface area (Å²) >= 11 is 0. The van der Waals surface area contributed by atoms with E-state index in [4.69, 9.17) is 16.0 Å². The van der Waals surface area contributed by atoms with Gasteiger partial charge >= 0.3 is 0 Å². The Labute approximate surface area is 134 Å². The van der Waals surface area contributed by atoms with Gasteiger partial charge in [-0.15, -0.1) is 0 Å². The molecule has 126 valence electrons. The van der Waals surface area contributed by atoms with Crippen molar-refractivity contribution in [1.82, 2.24) is 0 Å². The lowest BCUT2D eigenvalue weighted by molar-refractivity contribution is -0.127. The first-order chi connectivity index (χ1) is 10.3. The number of hydrogen-bond acceptors (Lipinski definition) is 4. The largest absolute Gasteiger partial charge is 0.379 e. The molecule has 0 aliphatic heterocycles. The van der Waals surface area contributed by atoms with Crippen LogP contribution < -0.4 is 0 Å². The number of hydrogen-bond donors (Lipinski definition) is 0. The van der Waals surface area contributed by atoms with Crippen molar-refractivity contribution in [3.63, 3.8) is 0 Å². The Morgan fingerprint density at radius 3 is 2.18 bits per heavy atom. The van der Waals surface area contributed by atoms with Crippen LogP contribution in [-0.2, 0) is 19.1 Å². The Morgan fingerprint density at radius 1 is 1.09 bits per heavy atom. The molecule has 0 saturated carbocycles. The number of carbonyl (C=O) groups excluding carboxylic acids is 2. The highest BCUT2D eigenvalue weighted by Gasteiger charge is 2.42. The summed E-state index contributed by atoms with van der Waals surface area (Å²) in [5.41, 5.74) is -0.930. The molecule has 0 amide bonds. The van der Waals surface area contributed by atoms with Crippen LogP contribution in [0.5, 0.6) is 0 Å². The number of nitrogens with zero attached hydrogens (tertiary/aromatic N) is 1. The van der Waals surface area contributed by atoms with Crippen LogP contribution in [-0.4, -0.2) is 43.5 Å². The molecule has 22 heavy (non-hydrogen) atoms. The predicted molar refractivity (Wildman–Crippen MR) is 85.6 cm³/mol. The van der Waals surface area contributed by atoms with Gasteiger partial charge in [-0.1, -0.05) is 27.7 Å². The molecule has 0 saturated heterocycles. The second kappa shape index (κ2) is 10.5. The minimum Gasteiger partial charge on any atom is -0.379 e. The second-order valence-corrected chi connectivity index (χ2v) is 6.23. The first-order valence-corrected chi connectivity index (χ1v) is 7.85. The van der Waals surface area contributed by atoms with Crippen LogP contribution >= 0.6 is 0 Å². The third kappa shape index (κ3) is 7.15. The van der Waals surface area contributed by atoms with Gasteiger partial charge in [-0.05, 0) is 6.42 Å². The van der Waals surface area contributed by atoms with E-state index in [0.717, 1.165) is 0 Å². The maximum atomic E-state index is 12.1. The van der Waals surface area contributed by atoms with Crippen LogP contribution in [0.3, 0.4) is 0 Å². The topological polar surface area (TPSA) is 57.0 Å². The lowest BCUT2D eigenvalue weighted by Crippen LogP contribution is -2.37. The van der Waals surface area contributed by atoms with Gasteiger partial charge in [0, 0.05) is 31.8 Å². The van der Waals surface area contributed by atoms with Gasteiger partial charge in [0.2, 0.25) is 5.78 Å². The number of ether oxygens (including phenoxy) is 2. The molecule has 1 unspecified atom stereocenters. The predicted octanol–water partition coefficient (Wildman–Crippen LogP) is 2.93. The zero-order valence-electron chi connectivity index (χ0n) is 14.5. The molecule has 0 heterocycles. The van der Waals surface area contributed by atoms with Gasteiger partial charge in [-0.3, -0.25) is 9.59 Å². The molecule has 5 nitrogen and oxygen atoms in total. The van der Waals surface area contributed by atoms with Gasteiger partial charge in [-0.25, -0.2) is 6.57 Å². The SMILES string of the molecule is [C-]#[N+]C(C)(C(=O)CCCOCCOCC(=O)C(C)C)C(C)C. The van der Waals surface area contributed by atoms with E-state index in [1.807, 2.05) is 27.7 Å². The summed E-state index contributed by atoms with van der Waals surface area (Å²) in [6.45, 7) is 17.7. The van der Waals surface area contributed by atoms with E-state index in [2.05, 4.69) is 4.85 Å². The van der Waals surface area contributed by atoms with Gasteiger partial charge < -0.3 is 14.3 Å². The average molecular weight is 311 g/mol. The number of carbonyl (C=O) groups is 2. The van der Waals surface area contributed by atoms with Crippen molar-refractivity contribution in [3.8, 4) is 0 Å². The van der Waals surface area contributed by atoms with E-state index in [0.29, 0.717) is 32.7 Å². The summed E-state index contributed by atoms with van der Waals surface area (Å²) in [4.78, 5) is 26.9. The fraction of sp³-hybridized carbons (Fsp3) is 0.824. The Morgan fingerprint density at radius 2 is 1.68 bits per heavy atom. The molecule has 0 aromatic rings. The van der Waals surface area contributed by atoms with E-state index in [-0.39, 0.29) is 30.0 Å². The minimum atomic E-state index is -0.930. The molecule has 0 aromatic carbocycles. The van der Waals surface area contributed by atoms with Crippen LogP contribution in [0, 0.1) is 18.4 Å². The Hall–Kier alpha value is -1.25. The number of Topliss-reactive ketones (excluding diaryl/α,β-unsaturated/α-hetero) is 2. The fourth-order valence-corrected chi connectivity index (χ4v) is 1.66. The summed E-state index contributed by atoms with van der Waals surface area (Å²) in [5.74, 6) is 0.0487. The van der Waals surface area contributed by atoms with Gasteiger partial charge in [0.05, 0.1) is 13.2 Å². The molecule has 0 rings (SSSR count). The summed E-state index contributed by atoms with van der Waals surface area (Å²) < 4.78 is 10.6. The molecule has 0 fully saturated rings. The average Bonchev–Trinajstić information content (AvgIpc) is 2.47. The van der Waals surface area contributed by atoms with Gasteiger partial charge in [0.15, 0.2) is 5.78 Å². The summed E-state index contributed by atoms with van der Waals surface area (Å²) in [5, 5.41) is 0. The van der Waals surface area contributed by atoms with Crippen molar-refractivity contribution in [2.75, 3.05) is 26.4 Å². The Bertz CT molecular complexity index is 398. The van der Waals surface area contributed by atoms with Crippen LogP contribution in [0.15, 0.2) is 0 Å². The smallest absolute Gasteiger partial charge is 0.289 e. The molecule has 0 spiro atoms. The summed E-state index contributed by atoms with van der Waals surface area (Å²) in [7, 11) is 0. The number of rotatable bonds is 12. The van der Waals surface area contributed by atoms with Crippen molar-refractivity contribution < 1.29 is 19.1 Å². The molecule has 0 aromatic heterocycles. The lowest BCUT2D eigenvalue weighted by Gasteiger charge is -2.19. The Kier molecular flexibility index (Phi) is 9.88. The molecule has 0 radical (unpaired) electrons. The lowest BCUT2D eigenvalue weighted by atomic mass is 9.83. The highest BCUT2D eigenvalue weighted by atomic mass is 16.5. The van der Waals surface area contributed by atoms with Crippen molar-refractivity contribution in [1.29, 1.82) is 0 Å². The highest BCUT2D eigenvalue weighted by Crippen LogP contribution is 2.24.